The first-order chi connectivity index (χ1) is 7.74. The first kappa shape index (κ1) is 10.6. The normalized spacial score (nSPS) is 10.1. The molecule has 0 fully saturated rings. The predicted octanol–water partition coefficient (Wildman–Crippen LogP) is 0.965. The summed E-state index contributed by atoms with van der Waals surface area (Å²) in [5.41, 5.74) is 0. The second-order valence-corrected chi connectivity index (χ2v) is 3.36. The third-order valence-corrected chi connectivity index (χ3v) is 1.95. The smallest absolute Gasteiger partial charge is 0.247 e. The van der Waals surface area contributed by atoms with E-state index in [0.29, 0.717) is 5.82 Å². The number of carbonyl (C=O) groups is 1. The molecule has 6 nitrogen and oxygen atoms in total. The first-order valence-corrected chi connectivity index (χ1v) is 4.86. The Morgan fingerprint density at radius 1 is 1.44 bits per heavy atom. The van der Waals surface area contributed by atoms with Crippen LogP contribution < -0.4 is 5.32 Å². The van der Waals surface area contributed by atoms with E-state index in [1.54, 1.807) is 18.5 Å². The van der Waals surface area contributed by atoms with Crippen LogP contribution >= 0.6 is 11.6 Å². The summed E-state index contributed by atoms with van der Waals surface area (Å²) >= 11 is 5.56. The van der Waals surface area contributed by atoms with Crippen LogP contribution in [-0.4, -0.2) is 25.7 Å². The predicted molar refractivity (Wildman–Crippen MR) is 57.9 cm³/mol. The van der Waals surface area contributed by atoms with E-state index in [9.17, 15) is 4.79 Å². The molecule has 0 radical (unpaired) electrons. The van der Waals surface area contributed by atoms with Gasteiger partial charge in [0.2, 0.25) is 5.91 Å². The highest BCUT2D eigenvalue weighted by Gasteiger charge is 2.04. The molecule has 0 spiro atoms. The Hall–Kier alpha value is -1.95. The van der Waals surface area contributed by atoms with Crippen molar-refractivity contribution in [3.63, 3.8) is 0 Å². The molecule has 0 aliphatic heterocycles. The van der Waals surface area contributed by atoms with Crippen LogP contribution in [0.15, 0.2) is 30.9 Å². The lowest BCUT2D eigenvalue weighted by Crippen LogP contribution is -2.19. The highest BCUT2D eigenvalue weighted by Crippen LogP contribution is 2.05. The van der Waals surface area contributed by atoms with Crippen LogP contribution in [0.2, 0.25) is 5.15 Å². The number of amides is 1. The Bertz CT molecular complexity index is 467. The van der Waals surface area contributed by atoms with Crippen LogP contribution in [-0.2, 0) is 11.3 Å². The molecule has 2 aromatic rings. The number of carbonyl (C=O) groups excluding carboxylic acids is 1. The minimum atomic E-state index is -0.222. The van der Waals surface area contributed by atoms with Gasteiger partial charge in [-0.2, -0.15) is 5.10 Å². The highest BCUT2D eigenvalue weighted by molar-refractivity contribution is 6.29. The lowest BCUT2D eigenvalue weighted by atomic mass is 10.5. The van der Waals surface area contributed by atoms with Gasteiger partial charge in [-0.25, -0.2) is 9.97 Å². The fourth-order valence-corrected chi connectivity index (χ4v) is 1.20. The van der Waals surface area contributed by atoms with Crippen LogP contribution in [0.25, 0.3) is 0 Å². The molecule has 2 heterocycles. The summed E-state index contributed by atoms with van der Waals surface area (Å²) in [5.74, 6) is 0.141. The van der Waals surface area contributed by atoms with Crippen molar-refractivity contribution in [2.45, 2.75) is 6.54 Å². The molecule has 1 N–H and O–H groups in total. The maximum atomic E-state index is 11.5. The zero-order valence-corrected chi connectivity index (χ0v) is 8.92. The largest absolute Gasteiger partial charge is 0.308 e. The fraction of sp³-hybridized carbons (Fsp3) is 0.111. The number of hydrogen-bond acceptors (Lipinski definition) is 4. The van der Waals surface area contributed by atoms with Crippen molar-refractivity contribution in [2.24, 2.45) is 0 Å². The maximum Gasteiger partial charge on any atom is 0.247 e. The van der Waals surface area contributed by atoms with Crippen LogP contribution in [0.5, 0.6) is 0 Å². The van der Waals surface area contributed by atoms with Gasteiger partial charge in [0.1, 0.15) is 11.7 Å². The Kier molecular flexibility index (Phi) is 3.11. The van der Waals surface area contributed by atoms with Crippen molar-refractivity contribution in [1.29, 1.82) is 0 Å². The monoisotopic (exact) mass is 237 g/mol. The van der Waals surface area contributed by atoms with Crippen LogP contribution in [0, 0.1) is 0 Å². The van der Waals surface area contributed by atoms with Gasteiger partial charge in [-0.3, -0.25) is 9.48 Å². The lowest BCUT2D eigenvalue weighted by molar-refractivity contribution is -0.116. The third kappa shape index (κ3) is 2.77. The van der Waals surface area contributed by atoms with Crippen molar-refractivity contribution in [2.75, 3.05) is 5.32 Å². The molecule has 0 bridgehead atoms. The van der Waals surface area contributed by atoms with Crippen molar-refractivity contribution < 1.29 is 4.79 Å². The van der Waals surface area contributed by atoms with E-state index in [1.807, 2.05) is 0 Å². The van der Waals surface area contributed by atoms with E-state index in [1.165, 1.54) is 17.1 Å². The molecule has 2 rings (SSSR count). The SMILES string of the molecule is O=C(Cn1cccn1)Nc1cnc(Cl)cn1. The molecular weight excluding hydrogens is 230 g/mol. The fourth-order valence-electron chi connectivity index (χ4n) is 1.10. The molecule has 0 atom stereocenters. The Morgan fingerprint density at radius 2 is 2.31 bits per heavy atom. The minimum absolute atomic E-state index is 0.136. The summed E-state index contributed by atoms with van der Waals surface area (Å²) in [6.07, 6.45) is 6.07. The van der Waals surface area contributed by atoms with Gasteiger partial charge in [0, 0.05) is 12.4 Å². The van der Waals surface area contributed by atoms with E-state index in [-0.39, 0.29) is 17.6 Å². The molecule has 2 aromatic heterocycles. The summed E-state index contributed by atoms with van der Waals surface area (Å²) in [6.45, 7) is 0.136. The number of aromatic nitrogens is 4. The second-order valence-electron chi connectivity index (χ2n) is 2.98. The summed E-state index contributed by atoms with van der Waals surface area (Å²) in [7, 11) is 0. The molecule has 0 unspecified atom stereocenters. The topological polar surface area (TPSA) is 72.7 Å². The van der Waals surface area contributed by atoms with Gasteiger partial charge in [0.05, 0.1) is 12.4 Å². The number of rotatable bonds is 3. The average molecular weight is 238 g/mol. The van der Waals surface area contributed by atoms with E-state index in [2.05, 4.69) is 20.4 Å². The van der Waals surface area contributed by atoms with Gasteiger partial charge in [-0.05, 0) is 6.07 Å². The van der Waals surface area contributed by atoms with Crippen LogP contribution in [0.3, 0.4) is 0 Å². The van der Waals surface area contributed by atoms with E-state index >= 15 is 0 Å². The maximum absolute atomic E-state index is 11.5. The summed E-state index contributed by atoms with van der Waals surface area (Å²) in [6, 6.07) is 1.75. The summed E-state index contributed by atoms with van der Waals surface area (Å²) in [4.78, 5) is 19.2. The molecule has 0 saturated heterocycles. The molecule has 0 aliphatic rings. The molecule has 7 heteroatoms. The lowest BCUT2D eigenvalue weighted by Gasteiger charge is -2.03. The number of halogens is 1. The van der Waals surface area contributed by atoms with Crippen LogP contribution in [0.4, 0.5) is 5.82 Å². The zero-order chi connectivity index (χ0) is 11.4. The summed E-state index contributed by atoms with van der Waals surface area (Å²) < 4.78 is 1.51. The Balaban J connectivity index is 1.95. The molecular formula is C9H8ClN5O. The van der Waals surface area contributed by atoms with Crippen molar-refractivity contribution in [3.05, 3.63) is 36.0 Å². The molecule has 1 amide bonds. The van der Waals surface area contributed by atoms with Gasteiger partial charge in [-0.1, -0.05) is 11.6 Å². The Labute approximate surface area is 96.3 Å². The van der Waals surface area contributed by atoms with Gasteiger partial charge >= 0.3 is 0 Å². The molecule has 16 heavy (non-hydrogen) atoms. The minimum Gasteiger partial charge on any atom is -0.308 e. The first-order valence-electron chi connectivity index (χ1n) is 4.49. The Morgan fingerprint density at radius 3 is 2.94 bits per heavy atom. The van der Waals surface area contributed by atoms with E-state index in [0.717, 1.165) is 0 Å². The van der Waals surface area contributed by atoms with Gasteiger partial charge < -0.3 is 5.32 Å². The van der Waals surface area contributed by atoms with Gasteiger partial charge in [0.15, 0.2) is 5.82 Å². The van der Waals surface area contributed by atoms with Crippen molar-refractivity contribution >= 4 is 23.3 Å². The molecule has 0 aromatic carbocycles. The van der Waals surface area contributed by atoms with Crippen molar-refractivity contribution in [3.8, 4) is 0 Å². The number of anilines is 1. The van der Waals surface area contributed by atoms with Crippen LogP contribution in [0.1, 0.15) is 0 Å². The number of nitrogens with zero attached hydrogens (tertiary/aromatic N) is 4. The summed E-state index contributed by atoms with van der Waals surface area (Å²) in [5, 5.41) is 6.77. The van der Waals surface area contributed by atoms with Gasteiger partial charge in [-0.15, -0.1) is 0 Å². The molecule has 0 saturated carbocycles. The third-order valence-electron chi connectivity index (χ3n) is 1.75. The quantitative estimate of drug-likeness (QED) is 0.863. The molecule has 0 aliphatic carbocycles. The zero-order valence-electron chi connectivity index (χ0n) is 8.17. The van der Waals surface area contributed by atoms with E-state index in [4.69, 9.17) is 11.6 Å². The van der Waals surface area contributed by atoms with Gasteiger partial charge in [0.25, 0.3) is 0 Å². The highest BCUT2D eigenvalue weighted by atomic mass is 35.5. The number of nitrogens with one attached hydrogen (secondary N) is 1. The number of hydrogen-bond donors (Lipinski definition) is 1. The van der Waals surface area contributed by atoms with E-state index < -0.39 is 0 Å². The average Bonchev–Trinajstić information content (AvgIpc) is 2.74. The molecule has 82 valence electrons. The second kappa shape index (κ2) is 4.71. The standard InChI is InChI=1S/C9H8ClN5O/c10-7-4-12-8(5-11-7)14-9(16)6-15-3-1-2-13-15/h1-5H,6H2,(H,12,14,16). The van der Waals surface area contributed by atoms with Crippen molar-refractivity contribution in [1.82, 2.24) is 19.7 Å².